The van der Waals surface area contributed by atoms with E-state index in [1.165, 1.54) is 22.0 Å². The lowest BCUT2D eigenvalue weighted by Gasteiger charge is -2.05. The minimum Gasteiger partial charge on any atom is -0.343 e. The highest BCUT2D eigenvalue weighted by Gasteiger charge is 2.07. The van der Waals surface area contributed by atoms with E-state index in [0.717, 1.165) is 11.0 Å². The Kier molecular flexibility index (Phi) is 3.36. The number of para-hydroxylation sites is 1. The zero-order valence-corrected chi connectivity index (χ0v) is 12.0. The number of aromatic nitrogens is 2. The van der Waals surface area contributed by atoms with Crippen LogP contribution in [0.3, 0.4) is 0 Å². The van der Waals surface area contributed by atoms with Crippen LogP contribution in [0.1, 0.15) is 11.1 Å². The highest BCUT2D eigenvalue weighted by atomic mass is 79.9. The summed E-state index contributed by atoms with van der Waals surface area (Å²) in [7, 11) is 0. The fraction of sp³-hybridized carbons (Fsp3) is 0.133. The zero-order chi connectivity index (χ0) is 13.2. The molecule has 3 rings (SSSR count). The Morgan fingerprint density at radius 3 is 2.84 bits per heavy atom. The molecular weight excluding hydrogens is 302 g/mol. The second kappa shape index (κ2) is 5.15. The number of rotatable bonds is 3. The first-order valence-electron chi connectivity index (χ1n) is 6.14. The SMILES string of the molecule is NCc1cn(Cc2cncc(Br)c2)c2ccccc12. The lowest BCUT2D eigenvalue weighted by Crippen LogP contribution is -1.99. The first-order valence-corrected chi connectivity index (χ1v) is 6.93. The molecule has 0 spiro atoms. The Balaban J connectivity index is 2.06. The van der Waals surface area contributed by atoms with Crippen LogP contribution >= 0.6 is 15.9 Å². The van der Waals surface area contributed by atoms with Crippen molar-refractivity contribution in [2.24, 2.45) is 5.73 Å². The molecule has 3 aromatic rings. The van der Waals surface area contributed by atoms with Crippen LogP contribution in [0.25, 0.3) is 10.9 Å². The monoisotopic (exact) mass is 315 g/mol. The molecule has 19 heavy (non-hydrogen) atoms. The number of halogens is 1. The molecule has 0 radical (unpaired) electrons. The van der Waals surface area contributed by atoms with E-state index < -0.39 is 0 Å². The summed E-state index contributed by atoms with van der Waals surface area (Å²) in [5.74, 6) is 0. The highest BCUT2D eigenvalue weighted by Crippen LogP contribution is 2.22. The van der Waals surface area contributed by atoms with E-state index in [4.69, 9.17) is 5.73 Å². The summed E-state index contributed by atoms with van der Waals surface area (Å²) in [4.78, 5) is 4.20. The van der Waals surface area contributed by atoms with E-state index in [9.17, 15) is 0 Å². The minimum absolute atomic E-state index is 0.560. The second-order valence-electron chi connectivity index (χ2n) is 4.51. The van der Waals surface area contributed by atoms with Gasteiger partial charge in [0, 0.05) is 47.1 Å². The van der Waals surface area contributed by atoms with Gasteiger partial charge in [0.05, 0.1) is 0 Å². The topological polar surface area (TPSA) is 43.8 Å². The first-order chi connectivity index (χ1) is 9.28. The maximum atomic E-state index is 5.81. The Morgan fingerprint density at radius 2 is 2.05 bits per heavy atom. The van der Waals surface area contributed by atoms with E-state index >= 15 is 0 Å². The maximum Gasteiger partial charge on any atom is 0.0491 e. The predicted octanol–water partition coefficient (Wildman–Crippen LogP) is 3.31. The zero-order valence-electron chi connectivity index (χ0n) is 10.4. The molecule has 2 aromatic heterocycles. The number of benzene rings is 1. The smallest absolute Gasteiger partial charge is 0.0491 e. The van der Waals surface area contributed by atoms with Crippen molar-refractivity contribution in [3.63, 3.8) is 0 Å². The quantitative estimate of drug-likeness (QED) is 0.806. The van der Waals surface area contributed by atoms with Crippen LogP contribution in [-0.4, -0.2) is 9.55 Å². The van der Waals surface area contributed by atoms with Gasteiger partial charge >= 0.3 is 0 Å². The fourth-order valence-corrected chi connectivity index (χ4v) is 2.77. The Labute approximate surface area is 120 Å². The largest absolute Gasteiger partial charge is 0.343 e. The van der Waals surface area contributed by atoms with Gasteiger partial charge in [-0.15, -0.1) is 0 Å². The van der Waals surface area contributed by atoms with Crippen molar-refractivity contribution in [1.82, 2.24) is 9.55 Å². The van der Waals surface area contributed by atoms with Gasteiger partial charge in [0.15, 0.2) is 0 Å². The maximum absolute atomic E-state index is 5.81. The second-order valence-corrected chi connectivity index (χ2v) is 5.43. The van der Waals surface area contributed by atoms with Crippen LogP contribution in [0.4, 0.5) is 0 Å². The molecule has 4 heteroatoms. The molecule has 0 saturated heterocycles. The van der Waals surface area contributed by atoms with Gasteiger partial charge in [-0.2, -0.15) is 0 Å². The first kappa shape index (κ1) is 12.4. The third-order valence-electron chi connectivity index (χ3n) is 3.21. The molecule has 0 saturated carbocycles. The normalized spacial score (nSPS) is 11.1. The Bertz CT molecular complexity index is 718. The van der Waals surface area contributed by atoms with Gasteiger partial charge in [-0.3, -0.25) is 4.98 Å². The summed E-state index contributed by atoms with van der Waals surface area (Å²) in [6.45, 7) is 1.36. The minimum atomic E-state index is 0.560. The molecule has 0 amide bonds. The summed E-state index contributed by atoms with van der Waals surface area (Å²) in [6, 6.07) is 10.4. The Hall–Kier alpha value is -1.65. The van der Waals surface area contributed by atoms with E-state index in [2.05, 4.69) is 55.9 Å². The van der Waals surface area contributed by atoms with Crippen molar-refractivity contribution in [3.05, 3.63) is 64.5 Å². The van der Waals surface area contributed by atoms with Gasteiger partial charge in [-0.25, -0.2) is 0 Å². The number of hydrogen-bond acceptors (Lipinski definition) is 2. The van der Waals surface area contributed by atoms with Crippen molar-refractivity contribution >= 4 is 26.8 Å². The number of hydrogen-bond donors (Lipinski definition) is 1. The molecule has 0 aliphatic rings. The lowest BCUT2D eigenvalue weighted by molar-refractivity contribution is 0.824. The molecule has 0 bridgehead atoms. The van der Waals surface area contributed by atoms with Crippen LogP contribution in [0.5, 0.6) is 0 Å². The van der Waals surface area contributed by atoms with Crippen LogP contribution in [0.15, 0.2) is 53.4 Å². The highest BCUT2D eigenvalue weighted by molar-refractivity contribution is 9.10. The molecule has 0 fully saturated rings. The molecule has 0 atom stereocenters. The molecule has 0 unspecified atom stereocenters. The molecular formula is C15H14BrN3. The average molecular weight is 316 g/mol. The lowest BCUT2D eigenvalue weighted by atomic mass is 10.2. The van der Waals surface area contributed by atoms with Gasteiger partial charge in [-0.1, -0.05) is 18.2 Å². The van der Waals surface area contributed by atoms with Crippen LogP contribution in [0, 0.1) is 0 Å². The van der Waals surface area contributed by atoms with Gasteiger partial charge in [0.2, 0.25) is 0 Å². The molecule has 2 heterocycles. The average Bonchev–Trinajstić information content (AvgIpc) is 2.77. The summed E-state index contributed by atoms with van der Waals surface area (Å²) in [6.07, 6.45) is 5.82. The van der Waals surface area contributed by atoms with E-state index in [-0.39, 0.29) is 0 Å². The summed E-state index contributed by atoms with van der Waals surface area (Å²) < 4.78 is 3.22. The van der Waals surface area contributed by atoms with Crippen molar-refractivity contribution in [3.8, 4) is 0 Å². The van der Waals surface area contributed by atoms with Crippen LogP contribution < -0.4 is 5.73 Å². The van der Waals surface area contributed by atoms with Crippen molar-refractivity contribution in [2.75, 3.05) is 0 Å². The summed E-state index contributed by atoms with van der Waals surface area (Å²) in [5, 5.41) is 1.23. The number of fused-ring (bicyclic) bond motifs is 1. The molecule has 96 valence electrons. The summed E-state index contributed by atoms with van der Waals surface area (Å²) >= 11 is 3.45. The Morgan fingerprint density at radius 1 is 1.21 bits per heavy atom. The number of pyridine rings is 1. The van der Waals surface area contributed by atoms with Gasteiger partial charge in [0.25, 0.3) is 0 Å². The van der Waals surface area contributed by atoms with Crippen molar-refractivity contribution in [1.29, 1.82) is 0 Å². The van der Waals surface area contributed by atoms with Crippen molar-refractivity contribution in [2.45, 2.75) is 13.1 Å². The summed E-state index contributed by atoms with van der Waals surface area (Å²) in [5.41, 5.74) is 9.37. The third-order valence-corrected chi connectivity index (χ3v) is 3.64. The van der Waals surface area contributed by atoms with Crippen molar-refractivity contribution < 1.29 is 0 Å². The number of nitrogens with zero attached hydrogens (tertiary/aromatic N) is 2. The molecule has 3 nitrogen and oxygen atoms in total. The van der Waals surface area contributed by atoms with Crippen LogP contribution in [0.2, 0.25) is 0 Å². The standard InChI is InChI=1S/C15H14BrN3/c16-13-5-11(7-18-8-13)9-19-10-12(6-17)14-3-1-2-4-15(14)19/h1-5,7-8,10H,6,9,17H2. The number of nitrogens with two attached hydrogens (primary N) is 1. The molecule has 2 N–H and O–H groups in total. The van der Waals surface area contributed by atoms with Gasteiger partial charge in [0.1, 0.15) is 0 Å². The van der Waals surface area contributed by atoms with E-state index in [1.807, 2.05) is 12.3 Å². The fourth-order valence-electron chi connectivity index (χ4n) is 2.36. The molecule has 0 aliphatic carbocycles. The third kappa shape index (κ3) is 2.41. The van der Waals surface area contributed by atoms with E-state index in [1.54, 1.807) is 6.20 Å². The van der Waals surface area contributed by atoms with Crippen LogP contribution in [-0.2, 0) is 13.1 Å². The molecule has 0 aliphatic heterocycles. The van der Waals surface area contributed by atoms with E-state index in [0.29, 0.717) is 6.54 Å². The van der Waals surface area contributed by atoms with Gasteiger partial charge < -0.3 is 10.3 Å². The molecule has 1 aromatic carbocycles. The predicted molar refractivity (Wildman–Crippen MR) is 80.9 cm³/mol. The van der Waals surface area contributed by atoms with Gasteiger partial charge in [-0.05, 0) is 39.2 Å².